The average molecular weight is 330 g/mol. The zero-order valence-corrected chi connectivity index (χ0v) is 13.8. The molecular formula is C11H14N4O2S3. The number of carbonyl (C=O) groups excluding carboxylic acids is 1. The molecule has 0 saturated heterocycles. The van der Waals surface area contributed by atoms with Crippen molar-refractivity contribution in [2.24, 2.45) is 7.05 Å². The van der Waals surface area contributed by atoms with Crippen LogP contribution >= 0.6 is 34.9 Å². The number of aryl methyl sites for hydroxylation is 1. The predicted molar refractivity (Wildman–Crippen MR) is 80.4 cm³/mol. The van der Waals surface area contributed by atoms with Crippen LogP contribution in [0.4, 0.5) is 0 Å². The summed E-state index contributed by atoms with van der Waals surface area (Å²) in [5, 5.41) is 12.3. The van der Waals surface area contributed by atoms with Gasteiger partial charge in [0.2, 0.25) is 0 Å². The summed E-state index contributed by atoms with van der Waals surface area (Å²) in [6.45, 7) is 2.14. The first-order valence-electron chi connectivity index (χ1n) is 5.84. The Labute approximate surface area is 129 Å². The fraction of sp³-hybridized carbons (Fsp3) is 0.455. The van der Waals surface area contributed by atoms with E-state index in [-0.39, 0.29) is 5.97 Å². The molecule has 0 spiro atoms. The highest BCUT2D eigenvalue weighted by atomic mass is 32.2. The van der Waals surface area contributed by atoms with E-state index in [1.165, 1.54) is 0 Å². The Morgan fingerprint density at radius 3 is 2.85 bits per heavy atom. The first-order valence-corrected chi connectivity index (χ1v) is 8.86. The lowest BCUT2D eigenvalue weighted by molar-refractivity contribution is 0.0525. The molecule has 6 nitrogen and oxygen atoms in total. The van der Waals surface area contributed by atoms with Crippen LogP contribution in [0.25, 0.3) is 0 Å². The molecule has 0 fully saturated rings. The number of nitrogens with zero attached hydrogens (tertiary/aromatic N) is 4. The molecule has 0 N–H and O–H groups in total. The molecule has 0 atom stereocenters. The lowest BCUT2D eigenvalue weighted by Gasteiger charge is -2.04. The number of hydrogen-bond acceptors (Lipinski definition) is 8. The van der Waals surface area contributed by atoms with Crippen LogP contribution in [0.3, 0.4) is 0 Å². The molecule has 20 heavy (non-hydrogen) atoms. The predicted octanol–water partition coefficient (Wildman–Crippen LogP) is 2.46. The first-order chi connectivity index (χ1) is 9.65. The summed E-state index contributed by atoms with van der Waals surface area (Å²) in [5.41, 5.74) is 1.34. The summed E-state index contributed by atoms with van der Waals surface area (Å²) in [7, 11) is 1.81. The van der Waals surface area contributed by atoms with Gasteiger partial charge in [0.1, 0.15) is 5.56 Å². The minimum atomic E-state index is -0.335. The van der Waals surface area contributed by atoms with Crippen LogP contribution < -0.4 is 0 Å². The van der Waals surface area contributed by atoms with Crippen LogP contribution in [0.2, 0.25) is 0 Å². The minimum absolute atomic E-state index is 0.335. The molecular weight excluding hydrogens is 316 g/mol. The lowest BCUT2D eigenvalue weighted by atomic mass is 10.3. The number of esters is 1. The fourth-order valence-corrected chi connectivity index (χ4v) is 4.00. The van der Waals surface area contributed by atoms with Crippen LogP contribution in [0.5, 0.6) is 0 Å². The minimum Gasteiger partial charge on any atom is -0.462 e. The maximum Gasteiger partial charge on any atom is 0.341 e. The standard InChI is InChI=1S/C11H14N4O2S3/c1-4-17-9(16)7-5-12-15(2)8(7)6-19-11-14-13-10(18-3)20-11/h5H,4,6H2,1-3H3. The lowest BCUT2D eigenvalue weighted by Crippen LogP contribution is -2.08. The molecule has 0 aliphatic rings. The summed E-state index contributed by atoms with van der Waals surface area (Å²) in [6, 6.07) is 0. The van der Waals surface area contributed by atoms with Gasteiger partial charge in [-0.3, -0.25) is 4.68 Å². The highest BCUT2D eigenvalue weighted by molar-refractivity contribution is 8.02. The Hall–Kier alpha value is -1.06. The van der Waals surface area contributed by atoms with Crippen molar-refractivity contribution in [1.29, 1.82) is 0 Å². The zero-order valence-electron chi connectivity index (χ0n) is 11.3. The quantitative estimate of drug-likeness (QED) is 0.595. The number of thioether (sulfide) groups is 2. The van der Waals surface area contributed by atoms with E-state index in [9.17, 15) is 4.79 Å². The van der Waals surface area contributed by atoms with E-state index in [4.69, 9.17) is 4.74 Å². The highest BCUT2D eigenvalue weighted by Crippen LogP contribution is 2.30. The molecule has 2 aromatic heterocycles. The summed E-state index contributed by atoms with van der Waals surface area (Å²) >= 11 is 4.65. The van der Waals surface area contributed by atoms with Gasteiger partial charge >= 0.3 is 5.97 Å². The van der Waals surface area contributed by atoms with Crippen molar-refractivity contribution in [3.63, 3.8) is 0 Å². The van der Waals surface area contributed by atoms with E-state index in [1.807, 2.05) is 13.3 Å². The van der Waals surface area contributed by atoms with Gasteiger partial charge in [-0.15, -0.1) is 10.2 Å². The summed E-state index contributed by atoms with van der Waals surface area (Å²) in [4.78, 5) is 11.8. The van der Waals surface area contributed by atoms with Crippen LogP contribution in [0, 0.1) is 0 Å². The summed E-state index contributed by atoms with van der Waals surface area (Å²) < 4.78 is 8.53. The molecule has 2 rings (SSSR count). The largest absolute Gasteiger partial charge is 0.462 e. The van der Waals surface area contributed by atoms with Gasteiger partial charge in [0, 0.05) is 12.8 Å². The van der Waals surface area contributed by atoms with Crippen molar-refractivity contribution in [3.8, 4) is 0 Å². The summed E-state index contributed by atoms with van der Waals surface area (Å²) in [5.74, 6) is 0.270. The Morgan fingerprint density at radius 2 is 2.20 bits per heavy atom. The van der Waals surface area contributed by atoms with Gasteiger partial charge < -0.3 is 4.74 Å². The molecule has 9 heteroatoms. The van der Waals surface area contributed by atoms with E-state index >= 15 is 0 Å². The van der Waals surface area contributed by atoms with Gasteiger partial charge in [-0.1, -0.05) is 34.9 Å². The Balaban J connectivity index is 2.08. The number of hydrogen-bond donors (Lipinski definition) is 0. The number of rotatable bonds is 6. The first kappa shape index (κ1) is 15.3. The SMILES string of the molecule is CCOC(=O)c1cnn(C)c1CSc1nnc(SC)s1. The van der Waals surface area contributed by atoms with E-state index in [1.54, 1.807) is 52.7 Å². The molecule has 0 aliphatic heterocycles. The van der Waals surface area contributed by atoms with Crippen molar-refractivity contribution in [3.05, 3.63) is 17.5 Å². The molecule has 108 valence electrons. The van der Waals surface area contributed by atoms with Gasteiger partial charge in [-0.25, -0.2) is 4.79 Å². The molecule has 2 aromatic rings. The van der Waals surface area contributed by atoms with Crippen molar-refractivity contribution < 1.29 is 9.53 Å². The van der Waals surface area contributed by atoms with Crippen LogP contribution in [-0.2, 0) is 17.5 Å². The normalized spacial score (nSPS) is 10.8. The van der Waals surface area contributed by atoms with Crippen LogP contribution in [-0.4, -0.2) is 38.8 Å². The monoisotopic (exact) mass is 330 g/mol. The third-order valence-corrected chi connectivity index (χ3v) is 5.50. The van der Waals surface area contributed by atoms with Gasteiger partial charge in [0.25, 0.3) is 0 Å². The number of carbonyl (C=O) groups is 1. The maximum absolute atomic E-state index is 11.8. The van der Waals surface area contributed by atoms with E-state index < -0.39 is 0 Å². The van der Waals surface area contributed by atoms with Gasteiger partial charge in [-0.2, -0.15) is 5.10 Å². The topological polar surface area (TPSA) is 69.9 Å². The zero-order chi connectivity index (χ0) is 14.5. The van der Waals surface area contributed by atoms with Gasteiger partial charge in [0.15, 0.2) is 8.68 Å². The van der Waals surface area contributed by atoms with Crippen molar-refractivity contribution >= 4 is 40.8 Å². The van der Waals surface area contributed by atoms with Crippen molar-refractivity contribution in [1.82, 2.24) is 20.0 Å². The molecule has 0 aromatic carbocycles. The van der Waals surface area contributed by atoms with Crippen LogP contribution in [0.15, 0.2) is 14.9 Å². The van der Waals surface area contributed by atoms with Crippen molar-refractivity contribution in [2.75, 3.05) is 12.9 Å². The third-order valence-electron chi connectivity index (χ3n) is 2.45. The average Bonchev–Trinajstić information content (AvgIpc) is 3.03. The Kier molecular flexibility index (Phi) is 5.44. The summed E-state index contributed by atoms with van der Waals surface area (Å²) in [6.07, 6.45) is 3.51. The molecule has 0 aliphatic carbocycles. The molecule has 0 radical (unpaired) electrons. The number of aromatic nitrogens is 4. The van der Waals surface area contributed by atoms with Gasteiger partial charge in [-0.05, 0) is 13.2 Å². The fourth-order valence-electron chi connectivity index (χ4n) is 1.48. The van der Waals surface area contributed by atoms with Crippen LogP contribution in [0.1, 0.15) is 23.0 Å². The third kappa shape index (κ3) is 3.53. The van der Waals surface area contributed by atoms with Crippen molar-refractivity contribution in [2.45, 2.75) is 21.4 Å². The smallest absolute Gasteiger partial charge is 0.341 e. The Morgan fingerprint density at radius 1 is 1.45 bits per heavy atom. The maximum atomic E-state index is 11.8. The molecule has 0 unspecified atom stereocenters. The highest BCUT2D eigenvalue weighted by Gasteiger charge is 2.18. The number of ether oxygens (including phenoxy) is 1. The Bertz CT molecular complexity index is 596. The second kappa shape index (κ2) is 7.09. The van der Waals surface area contributed by atoms with E-state index in [0.717, 1.165) is 14.4 Å². The molecule has 0 bridgehead atoms. The van der Waals surface area contributed by atoms with Gasteiger partial charge in [0.05, 0.1) is 18.5 Å². The molecule has 2 heterocycles. The second-order valence-corrected chi connectivity index (χ2v) is 6.93. The second-order valence-electron chi connectivity index (χ2n) is 3.68. The van der Waals surface area contributed by atoms with E-state index in [0.29, 0.717) is 17.9 Å². The molecule has 0 amide bonds. The van der Waals surface area contributed by atoms with E-state index in [2.05, 4.69) is 15.3 Å². The molecule has 0 saturated carbocycles.